The zero-order valence-electron chi connectivity index (χ0n) is 14.8. The summed E-state index contributed by atoms with van der Waals surface area (Å²) in [6, 6.07) is 14.1. The fourth-order valence-corrected chi connectivity index (χ4v) is 3.11. The molecule has 0 bridgehead atoms. The largest absolute Gasteiger partial charge is 0.480 e. The number of rotatable bonds is 5. The smallest absolute Gasteiger partial charge is 0.326 e. The summed E-state index contributed by atoms with van der Waals surface area (Å²) in [5.74, 6) is -1.34. The number of carbonyl (C=O) groups is 2. The van der Waals surface area contributed by atoms with Gasteiger partial charge in [-0.05, 0) is 29.8 Å². The molecule has 2 N–H and O–H groups in total. The lowest BCUT2D eigenvalue weighted by molar-refractivity contribution is -0.139. The highest BCUT2D eigenvalue weighted by atomic mass is 19.1. The molecular weight excluding hydrogens is 349 g/mol. The summed E-state index contributed by atoms with van der Waals surface area (Å²) in [4.78, 5) is 27.7. The molecule has 0 unspecified atom stereocenters. The first-order chi connectivity index (χ1) is 13.0. The molecule has 142 valence electrons. The van der Waals surface area contributed by atoms with Gasteiger partial charge in [-0.25, -0.2) is 14.0 Å². The minimum absolute atomic E-state index is 0.234. The molecule has 1 fully saturated rings. The second kappa shape index (κ2) is 8.53. The van der Waals surface area contributed by atoms with Crippen LogP contribution in [0.15, 0.2) is 54.6 Å². The van der Waals surface area contributed by atoms with Crippen LogP contribution in [0.25, 0.3) is 0 Å². The van der Waals surface area contributed by atoms with E-state index in [9.17, 15) is 19.1 Å². The zero-order valence-corrected chi connectivity index (χ0v) is 14.8. The van der Waals surface area contributed by atoms with Gasteiger partial charge >= 0.3 is 12.0 Å². The molecule has 1 atom stereocenters. The van der Waals surface area contributed by atoms with Gasteiger partial charge < -0.3 is 20.2 Å². The van der Waals surface area contributed by atoms with Gasteiger partial charge in [0.25, 0.3) is 0 Å². The maximum atomic E-state index is 13.0. The highest BCUT2D eigenvalue weighted by Gasteiger charge is 2.26. The van der Waals surface area contributed by atoms with E-state index in [1.165, 1.54) is 12.1 Å². The number of piperazine rings is 1. The zero-order chi connectivity index (χ0) is 19.2. The molecular formula is C20H22FN3O3. The Morgan fingerprint density at radius 3 is 2.22 bits per heavy atom. The topological polar surface area (TPSA) is 72.9 Å². The van der Waals surface area contributed by atoms with Crippen molar-refractivity contribution in [1.82, 2.24) is 10.2 Å². The second-order valence-electron chi connectivity index (χ2n) is 6.48. The van der Waals surface area contributed by atoms with Crippen molar-refractivity contribution in [3.63, 3.8) is 0 Å². The lowest BCUT2D eigenvalue weighted by Crippen LogP contribution is -2.55. The van der Waals surface area contributed by atoms with Crippen LogP contribution in [0.5, 0.6) is 0 Å². The van der Waals surface area contributed by atoms with Gasteiger partial charge in [-0.15, -0.1) is 0 Å². The summed E-state index contributed by atoms with van der Waals surface area (Å²) in [7, 11) is 0. The summed E-state index contributed by atoms with van der Waals surface area (Å²) >= 11 is 0. The third-order valence-electron chi connectivity index (χ3n) is 4.64. The number of nitrogens with one attached hydrogen (secondary N) is 1. The summed E-state index contributed by atoms with van der Waals surface area (Å²) in [5.41, 5.74) is 1.76. The molecule has 1 aliphatic rings. The molecule has 0 radical (unpaired) electrons. The van der Waals surface area contributed by atoms with Crippen molar-refractivity contribution in [1.29, 1.82) is 0 Å². The Kier molecular flexibility index (Phi) is 5.90. The van der Waals surface area contributed by atoms with Gasteiger partial charge in [0.05, 0.1) is 0 Å². The van der Waals surface area contributed by atoms with Crippen LogP contribution in [0.1, 0.15) is 5.56 Å². The second-order valence-corrected chi connectivity index (χ2v) is 6.48. The fourth-order valence-electron chi connectivity index (χ4n) is 3.11. The molecule has 6 nitrogen and oxygen atoms in total. The normalized spacial score (nSPS) is 15.3. The number of nitrogens with zero attached hydrogens (tertiary/aromatic N) is 2. The molecule has 7 heteroatoms. The number of carboxylic acid groups (broad SMARTS) is 1. The van der Waals surface area contributed by atoms with Crippen molar-refractivity contribution in [2.45, 2.75) is 12.5 Å². The molecule has 27 heavy (non-hydrogen) atoms. The molecule has 1 aliphatic heterocycles. The molecule has 3 rings (SSSR count). The Balaban J connectivity index is 1.54. The first-order valence-corrected chi connectivity index (χ1v) is 8.85. The van der Waals surface area contributed by atoms with Gasteiger partial charge in [0, 0.05) is 38.3 Å². The van der Waals surface area contributed by atoms with Gasteiger partial charge in [-0.1, -0.05) is 30.3 Å². The van der Waals surface area contributed by atoms with Crippen LogP contribution in [-0.2, 0) is 11.2 Å². The van der Waals surface area contributed by atoms with E-state index >= 15 is 0 Å². The average Bonchev–Trinajstić information content (AvgIpc) is 2.69. The van der Waals surface area contributed by atoms with Crippen LogP contribution in [0.3, 0.4) is 0 Å². The number of urea groups is 1. The maximum Gasteiger partial charge on any atom is 0.326 e. The quantitative estimate of drug-likeness (QED) is 0.846. The minimum Gasteiger partial charge on any atom is -0.480 e. The van der Waals surface area contributed by atoms with E-state index < -0.39 is 12.0 Å². The van der Waals surface area contributed by atoms with Gasteiger partial charge in [-0.2, -0.15) is 0 Å². The molecule has 0 aliphatic carbocycles. The molecule has 0 spiro atoms. The van der Waals surface area contributed by atoms with E-state index in [-0.39, 0.29) is 18.3 Å². The van der Waals surface area contributed by atoms with Crippen LogP contribution in [0.2, 0.25) is 0 Å². The first kappa shape index (κ1) is 18.7. The van der Waals surface area contributed by atoms with Crippen molar-refractivity contribution in [3.8, 4) is 0 Å². The summed E-state index contributed by atoms with van der Waals surface area (Å²) in [6.07, 6.45) is 0.234. The number of halogens is 1. The van der Waals surface area contributed by atoms with Crippen LogP contribution in [0, 0.1) is 5.82 Å². The minimum atomic E-state index is -1.06. The van der Waals surface area contributed by atoms with Crippen molar-refractivity contribution in [2.75, 3.05) is 31.1 Å². The third kappa shape index (κ3) is 4.97. The number of aliphatic carboxylic acids is 1. The molecule has 2 aromatic rings. The van der Waals surface area contributed by atoms with Crippen LogP contribution in [-0.4, -0.2) is 54.2 Å². The molecule has 0 aromatic heterocycles. The first-order valence-electron chi connectivity index (χ1n) is 8.85. The molecule has 2 aromatic carbocycles. The average molecular weight is 371 g/mol. The number of carboxylic acids is 1. The Labute approximate surface area is 157 Å². The van der Waals surface area contributed by atoms with E-state index in [2.05, 4.69) is 10.2 Å². The predicted octanol–water partition coefficient (Wildman–Crippen LogP) is 2.35. The number of hydrogen-bond acceptors (Lipinski definition) is 3. The standard InChI is InChI=1S/C20H22FN3O3/c21-16-6-8-17(9-7-16)23-10-12-24(13-11-23)20(27)22-18(19(25)26)14-15-4-2-1-3-5-15/h1-9,18H,10-14H2,(H,22,27)(H,25,26)/t18-/m1/s1. The van der Waals surface area contributed by atoms with Gasteiger partial charge in [0.1, 0.15) is 11.9 Å². The van der Waals surface area contributed by atoms with Crippen molar-refractivity contribution in [3.05, 3.63) is 66.0 Å². The van der Waals surface area contributed by atoms with Gasteiger partial charge in [0.2, 0.25) is 0 Å². The van der Waals surface area contributed by atoms with E-state index in [4.69, 9.17) is 0 Å². The summed E-state index contributed by atoms with van der Waals surface area (Å²) < 4.78 is 13.0. The third-order valence-corrected chi connectivity index (χ3v) is 4.64. The van der Waals surface area contributed by atoms with E-state index in [0.717, 1.165) is 11.3 Å². The molecule has 1 heterocycles. The molecule has 1 saturated heterocycles. The molecule has 0 saturated carbocycles. The van der Waals surface area contributed by atoms with E-state index in [0.29, 0.717) is 26.2 Å². The van der Waals surface area contributed by atoms with Crippen molar-refractivity contribution < 1.29 is 19.1 Å². The van der Waals surface area contributed by atoms with Crippen LogP contribution in [0.4, 0.5) is 14.9 Å². The lowest BCUT2D eigenvalue weighted by atomic mass is 10.1. The van der Waals surface area contributed by atoms with Crippen molar-refractivity contribution in [2.24, 2.45) is 0 Å². The highest BCUT2D eigenvalue weighted by molar-refractivity contribution is 5.83. The summed E-state index contributed by atoms with van der Waals surface area (Å²) in [5, 5.41) is 12.0. The van der Waals surface area contributed by atoms with Crippen LogP contribution < -0.4 is 10.2 Å². The number of hydrogen-bond donors (Lipinski definition) is 2. The highest BCUT2D eigenvalue weighted by Crippen LogP contribution is 2.17. The van der Waals surface area contributed by atoms with E-state index in [1.54, 1.807) is 17.0 Å². The predicted molar refractivity (Wildman–Crippen MR) is 100 cm³/mol. The van der Waals surface area contributed by atoms with Gasteiger partial charge in [-0.3, -0.25) is 0 Å². The Hall–Kier alpha value is -3.09. The van der Waals surface area contributed by atoms with Gasteiger partial charge in [0.15, 0.2) is 0 Å². The Morgan fingerprint density at radius 1 is 1.00 bits per heavy atom. The Morgan fingerprint density at radius 2 is 1.63 bits per heavy atom. The number of amides is 2. The van der Waals surface area contributed by atoms with Crippen molar-refractivity contribution >= 4 is 17.7 Å². The SMILES string of the molecule is O=C(O)[C@@H](Cc1ccccc1)NC(=O)N1CCN(c2ccc(F)cc2)CC1. The van der Waals surface area contributed by atoms with Crippen LogP contribution >= 0.6 is 0 Å². The number of benzene rings is 2. The lowest BCUT2D eigenvalue weighted by Gasteiger charge is -2.36. The fraction of sp³-hybridized carbons (Fsp3) is 0.300. The number of anilines is 1. The Bertz CT molecular complexity index is 775. The number of carbonyl (C=O) groups excluding carboxylic acids is 1. The maximum absolute atomic E-state index is 13.0. The monoisotopic (exact) mass is 371 g/mol. The van der Waals surface area contributed by atoms with E-state index in [1.807, 2.05) is 30.3 Å². The molecule has 2 amide bonds. The summed E-state index contributed by atoms with van der Waals surface area (Å²) in [6.45, 7) is 2.16.